The van der Waals surface area contributed by atoms with Crippen LogP contribution in [0.3, 0.4) is 0 Å². The summed E-state index contributed by atoms with van der Waals surface area (Å²) in [5.74, 6) is 3.58. The van der Waals surface area contributed by atoms with E-state index in [1.54, 1.807) is 0 Å². The molecular weight excluding hydrogens is 426 g/mol. The van der Waals surface area contributed by atoms with Gasteiger partial charge in [-0.3, -0.25) is 4.79 Å². The second-order valence-electron chi connectivity index (χ2n) is 7.85. The molecule has 1 saturated heterocycles. The number of ether oxygens (including phenoxy) is 4. The van der Waals surface area contributed by atoms with Gasteiger partial charge in [0.2, 0.25) is 12.7 Å². The molecule has 1 amide bonds. The van der Waals surface area contributed by atoms with Crippen LogP contribution in [0.4, 0.5) is 0 Å². The van der Waals surface area contributed by atoms with Crippen molar-refractivity contribution in [1.82, 2.24) is 15.0 Å². The lowest BCUT2D eigenvalue weighted by atomic mass is 10.1. The van der Waals surface area contributed by atoms with Crippen LogP contribution in [0.15, 0.2) is 40.9 Å². The lowest BCUT2D eigenvalue weighted by molar-refractivity contribution is -0.128. The molecule has 0 N–H and O–H groups in total. The van der Waals surface area contributed by atoms with Crippen LogP contribution in [-0.4, -0.2) is 47.5 Å². The van der Waals surface area contributed by atoms with E-state index in [4.69, 9.17) is 23.5 Å². The van der Waals surface area contributed by atoms with Gasteiger partial charge in [0.25, 0.3) is 5.89 Å². The maximum atomic E-state index is 12.7. The zero-order chi connectivity index (χ0) is 22.8. The highest BCUT2D eigenvalue weighted by Crippen LogP contribution is 2.36. The first kappa shape index (κ1) is 21.1. The van der Waals surface area contributed by atoms with E-state index in [9.17, 15) is 4.79 Å². The van der Waals surface area contributed by atoms with Gasteiger partial charge in [0, 0.05) is 31.0 Å². The van der Waals surface area contributed by atoms with Crippen molar-refractivity contribution in [2.24, 2.45) is 0 Å². The minimum atomic E-state index is -0.127. The second kappa shape index (κ2) is 9.01. The Morgan fingerprint density at radius 1 is 1.03 bits per heavy atom. The summed E-state index contributed by atoms with van der Waals surface area (Å²) in [5.41, 5.74) is 1.72. The average Bonchev–Trinajstić information content (AvgIpc) is 3.55. The molecule has 1 atom stereocenters. The quantitative estimate of drug-likeness (QED) is 0.511. The van der Waals surface area contributed by atoms with E-state index in [1.807, 2.05) is 55.1 Å². The van der Waals surface area contributed by atoms with Crippen molar-refractivity contribution in [2.75, 3.05) is 26.6 Å². The van der Waals surface area contributed by atoms with Crippen molar-refractivity contribution in [2.45, 2.75) is 32.7 Å². The fraction of sp³-hybridized carbons (Fsp3) is 0.375. The molecule has 0 saturated carbocycles. The summed E-state index contributed by atoms with van der Waals surface area (Å²) < 4.78 is 27.6. The Hall–Kier alpha value is -3.75. The van der Waals surface area contributed by atoms with E-state index < -0.39 is 0 Å². The Balaban J connectivity index is 1.28. The molecule has 2 aromatic carbocycles. The number of rotatable bonds is 8. The molecule has 2 aliphatic heterocycles. The van der Waals surface area contributed by atoms with Crippen LogP contribution in [0, 0.1) is 0 Å². The Morgan fingerprint density at radius 3 is 2.70 bits per heavy atom. The highest BCUT2D eigenvalue weighted by Gasteiger charge is 2.34. The summed E-state index contributed by atoms with van der Waals surface area (Å²) in [7, 11) is 0. The van der Waals surface area contributed by atoms with Gasteiger partial charge in [0.15, 0.2) is 28.8 Å². The van der Waals surface area contributed by atoms with Crippen LogP contribution in [0.25, 0.3) is 11.5 Å². The third-order valence-corrected chi connectivity index (χ3v) is 5.62. The predicted molar refractivity (Wildman–Crippen MR) is 117 cm³/mol. The number of carbonyl (C=O) groups is 1. The van der Waals surface area contributed by atoms with Crippen LogP contribution in [0.1, 0.15) is 37.6 Å². The summed E-state index contributed by atoms with van der Waals surface area (Å²) in [6.07, 6.45) is 0.343. The summed E-state index contributed by atoms with van der Waals surface area (Å²) in [4.78, 5) is 19.1. The first-order valence-electron chi connectivity index (χ1n) is 11.0. The zero-order valence-electron chi connectivity index (χ0n) is 18.6. The van der Waals surface area contributed by atoms with Crippen molar-refractivity contribution in [3.05, 3.63) is 47.8 Å². The fourth-order valence-corrected chi connectivity index (χ4v) is 4.06. The predicted octanol–water partition coefficient (Wildman–Crippen LogP) is 3.78. The van der Waals surface area contributed by atoms with Gasteiger partial charge in [-0.05, 0) is 49.7 Å². The minimum Gasteiger partial charge on any atom is -0.490 e. The smallest absolute Gasteiger partial charge is 0.258 e. The molecule has 33 heavy (non-hydrogen) atoms. The molecule has 2 aliphatic rings. The molecule has 0 aliphatic carbocycles. The molecule has 9 heteroatoms. The Morgan fingerprint density at radius 2 is 1.85 bits per heavy atom. The minimum absolute atomic E-state index is 0.0567. The standard InChI is InChI=1S/C24H25N3O6/c1-3-29-18-7-5-15(9-20(18)30-4-2)12-27-13-17(11-22(27)28)23-25-24(33-26-23)16-6-8-19-21(10-16)32-14-31-19/h5-10,17H,3-4,11-14H2,1-2H3. The molecule has 172 valence electrons. The van der Waals surface area contributed by atoms with Gasteiger partial charge in [-0.1, -0.05) is 11.2 Å². The first-order chi connectivity index (χ1) is 16.1. The molecule has 5 rings (SSSR count). The number of hydrogen-bond donors (Lipinski definition) is 0. The largest absolute Gasteiger partial charge is 0.490 e. The number of nitrogens with zero attached hydrogens (tertiary/aromatic N) is 3. The Kier molecular flexibility index (Phi) is 5.77. The Labute approximate surface area is 191 Å². The van der Waals surface area contributed by atoms with Crippen LogP contribution in [-0.2, 0) is 11.3 Å². The van der Waals surface area contributed by atoms with Crippen molar-refractivity contribution in [1.29, 1.82) is 0 Å². The molecule has 1 fully saturated rings. The molecule has 0 radical (unpaired) electrons. The summed E-state index contributed by atoms with van der Waals surface area (Å²) >= 11 is 0. The van der Waals surface area contributed by atoms with E-state index >= 15 is 0 Å². The number of likely N-dealkylation sites (tertiary alicyclic amines) is 1. The van der Waals surface area contributed by atoms with Crippen molar-refractivity contribution in [3.63, 3.8) is 0 Å². The molecule has 3 aromatic rings. The summed E-state index contributed by atoms with van der Waals surface area (Å²) in [5, 5.41) is 4.14. The van der Waals surface area contributed by atoms with Gasteiger partial charge in [-0.2, -0.15) is 4.98 Å². The number of benzene rings is 2. The van der Waals surface area contributed by atoms with Gasteiger partial charge >= 0.3 is 0 Å². The molecule has 1 aromatic heterocycles. The molecule has 9 nitrogen and oxygen atoms in total. The van der Waals surface area contributed by atoms with Crippen LogP contribution >= 0.6 is 0 Å². The first-order valence-corrected chi connectivity index (χ1v) is 11.0. The van der Waals surface area contributed by atoms with Gasteiger partial charge in [-0.25, -0.2) is 0 Å². The number of carbonyl (C=O) groups excluding carboxylic acids is 1. The van der Waals surface area contributed by atoms with E-state index in [0.29, 0.717) is 67.4 Å². The lowest BCUT2D eigenvalue weighted by Gasteiger charge is -2.18. The highest BCUT2D eigenvalue weighted by molar-refractivity contribution is 5.79. The normalized spacial score (nSPS) is 17.0. The Bertz CT molecular complexity index is 1160. The van der Waals surface area contributed by atoms with Crippen LogP contribution < -0.4 is 18.9 Å². The summed E-state index contributed by atoms with van der Waals surface area (Å²) in [6.45, 7) is 6.17. The third kappa shape index (κ3) is 4.30. The number of hydrogen-bond acceptors (Lipinski definition) is 8. The van der Waals surface area contributed by atoms with Gasteiger partial charge in [-0.15, -0.1) is 0 Å². The van der Waals surface area contributed by atoms with Gasteiger partial charge in [0.1, 0.15) is 0 Å². The SMILES string of the molecule is CCOc1ccc(CN2CC(c3noc(-c4ccc5c(c4)OCO5)n3)CC2=O)cc1OCC. The maximum absolute atomic E-state index is 12.7. The van der Waals surface area contributed by atoms with Crippen LogP contribution in [0.5, 0.6) is 23.0 Å². The van der Waals surface area contributed by atoms with Crippen molar-refractivity contribution >= 4 is 5.91 Å². The fourth-order valence-electron chi connectivity index (χ4n) is 4.06. The monoisotopic (exact) mass is 451 g/mol. The molecule has 0 bridgehead atoms. The van der Waals surface area contributed by atoms with Gasteiger partial charge < -0.3 is 28.4 Å². The van der Waals surface area contributed by atoms with Crippen molar-refractivity contribution < 1.29 is 28.3 Å². The summed E-state index contributed by atoms with van der Waals surface area (Å²) in [6, 6.07) is 11.3. The van der Waals surface area contributed by atoms with E-state index in [0.717, 1.165) is 11.1 Å². The number of fused-ring (bicyclic) bond motifs is 1. The molecule has 1 unspecified atom stereocenters. The molecule has 3 heterocycles. The van der Waals surface area contributed by atoms with E-state index in [2.05, 4.69) is 10.1 Å². The topological polar surface area (TPSA) is 96.2 Å². The van der Waals surface area contributed by atoms with Gasteiger partial charge in [0.05, 0.1) is 13.2 Å². The number of aromatic nitrogens is 2. The van der Waals surface area contributed by atoms with Crippen LogP contribution in [0.2, 0.25) is 0 Å². The van der Waals surface area contributed by atoms with E-state index in [1.165, 1.54) is 0 Å². The lowest BCUT2D eigenvalue weighted by Crippen LogP contribution is -2.24. The second-order valence-corrected chi connectivity index (χ2v) is 7.85. The average molecular weight is 451 g/mol. The highest BCUT2D eigenvalue weighted by atomic mass is 16.7. The number of amides is 1. The third-order valence-electron chi connectivity index (χ3n) is 5.62. The zero-order valence-corrected chi connectivity index (χ0v) is 18.6. The maximum Gasteiger partial charge on any atom is 0.258 e. The van der Waals surface area contributed by atoms with Crippen molar-refractivity contribution in [3.8, 4) is 34.5 Å². The molecule has 0 spiro atoms. The molecular formula is C24H25N3O6. The van der Waals surface area contributed by atoms with E-state index in [-0.39, 0.29) is 18.6 Å².